The van der Waals surface area contributed by atoms with E-state index in [1.807, 2.05) is 30.3 Å². The Hall–Kier alpha value is -2.10. The van der Waals surface area contributed by atoms with E-state index in [1.165, 1.54) is 12.1 Å². The third-order valence-electron chi connectivity index (χ3n) is 2.96. The normalized spacial score (nSPS) is 17.5. The molecule has 0 bridgehead atoms. The number of benzene rings is 2. The molecule has 0 radical (unpaired) electrons. The van der Waals surface area contributed by atoms with Gasteiger partial charge in [-0.15, -0.1) is 0 Å². The molecule has 0 saturated carbocycles. The van der Waals surface area contributed by atoms with Crippen molar-refractivity contribution in [1.82, 2.24) is 4.41 Å². The fourth-order valence-electron chi connectivity index (χ4n) is 1.94. The van der Waals surface area contributed by atoms with Gasteiger partial charge in [-0.2, -0.15) is 4.41 Å². The van der Waals surface area contributed by atoms with Gasteiger partial charge in [0.25, 0.3) is 0 Å². The standard InChI is InChI=1S/C13H13N5O2S2/c14-22(19,20)13-8-4-7-12(9-13)21-17-15-16-18(21)10-11-5-2-1-3-6-11/h1-9H,10H2,(H2,14,19,20). The predicted octanol–water partition coefficient (Wildman–Crippen LogP) is 2.21. The molecule has 9 heteroatoms. The first-order valence-electron chi connectivity index (χ1n) is 6.34. The Labute approximate surface area is 130 Å². The van der Waals surface area contributed by atoms with Gasteiger partial charge in [-0.05, 0) is 34.2 Å². The molecule has 2 N–H and O–H groups in total. The minimum absolute atomic E-state index is 0.0549. The average Bonchev–Trinajstić information content (AvgIpc) is 2.96. The van der Waals surface area contributed by atoms with Crippen LogP contribution in [0.25, 0.3) is 0 Å². The van der Waals surface area contributed by atoms with Crippen LogP contribution in [-0.4, -0.2) is 12.8 Å². The summed E-state index contributed by atoms with van der Waals surface area (Å²) in [6.45, 7) is 0.538. The fourth-order valence-corrected chi connectivity index (χ4v) is 3.90. The molecule has 2 aromatic carbocycles. The van der Waals surface area contributed by atoms with E-state index < -0.39 is 20.9 Å². The second kappa shape index (κ2) is 5.95. The Morgan fingerprint density at radius 2 is 1.86 bits per heavy atom. The van der Waals surface area contributed by atoms with Gasteiger partial charge >= 0.3 is 0 Å². The number of sulfonamides is 1. The van der Waals surface area contributed by atoms with Crippen molar-refractivity contribution in [2.45, 2.75) is 16.3 Å². The smallest absolute Gasteiger partial charge is 0.225 e. The SMILES string of the molecule is NS(=O)(=O)c1cccc(S2=NN=NN2Cc2ccccc2)c1. The summed E-state index contributed by atoms with van der Waals surface area (Å²) in [5.74, 6) is 0. The molecule has 2 aromatic rings. The molecule has 114 valence electrons. The molecule has 1 aliphatic rings. The average molecular weight is 335 g/mol. The molecule has 0 saturated heterocycles. The zero-order valence-corrected chi connectivity index (χ0v) is 13.0. The molecule has 1 atom stereocenters. The highest BCUT2D eigenvalue weighted by Gasteiger charge is 2.19. The van der Waals surface area contributed by atoms with Crippen LogP contribution in [0, 0.1) is 0 Å². The van der Waals surface area contributed by atoms with Gasteiger partial charge in [0.05, 0.1) is 22.3 Å². The Balaban J connectivity index is 1.89. The fraction of sp³-hybridized carbons (Fsp3) is 0.0769. The summed E-state index contributed by atoms with van der Waals surface area (Å²) >= 11 is 0. The third kappa shape index (κ3) is 3.21. The Bertz CT molecular complexity index is 850. The summed E-state index contributed by atoms with van der Waals surface area (Å²) in [6, 6.07) is 16.2. The lowest BCUT2D eigenvalue weighted by Gasteiger charge is -2.16. The maximum Gasteiger partial charge on any atom is 0.238 e. The van der Waals surface area contributed by atoms with Gasteiger partial charge in [-0.3, -0.25) is 0 Å². The van der Waals surface area contributed by atoms with Crippen LogP contribution in [0.4, 0.5) is 0 Å². The van der Waals surface area contributed by atoms with Gasteiger partial charge in [0, 0.05) is 4.90 Å². The Kier molecular flexibility index (Phi) is 4.01. The van der Waals surface area contributed by atoms with Crippen molar-refractivity contribution in [2.24, 2.45) is 20.1 Å². The second-order valence-electron chi connectivity index (χ2n) is 4.54. The number of primary sulfonamides is 1. The molecule has 1 aliphatic heterocycles. The van der Waals surface area contributed by atoms with Crippen LogP contribution in [0.3, 0.4) is 0 Å². The predicted molar refractivity (Wildman–Crippen MR) is 82.7 cm³/mol. The van der Waals surface area contributed by atoms with E-state index in [-0.39, 0.29) is 4.90 Å². The number of hydrogen-bond donors (Lipinski definition) is 1. The maximum absolute atomic E-state index is 11.5. The molecule has 0 aromatic heterocycles. The lowest BCUT2D eigenvalue weighted by molar-refractivity contribution is 0.470. The van der Waals surface area contributed by atoms with Gasteiger partial charge < -0.3 is 0 Å². The molecule has 1 unspecified atom stereocenters. The Morgan fingerprint density at radius 3 is 2.59 bits per heavy atom. The molecular formula is C13H13N5O2S2. The first-order valence-corrected chi connectivity index (χ1v) is 9.03. The monoisotopic (exact) mass is 335 g/mol. The van der Waals surface area contributed by atoms with Gasteiger partial charge in [-0.1, -0.05) is 40.9 Å². The molecule has 0 fully saturated rings. The summed E-state index contributed by atoms with van der Waals surface area (Å²) in [5, 5.41) is 12.9. The lowest BCUT2D eigenvalue weighted by Crippen LogP contribution is -2.18. The molecule has 0 amide bonds. The van der Waals surface area contributed by atoms with Crippen molar-refractivity contribution < 1.29 is 8.42 Å². The van der Waals surface area contributed by atoms with E-state index in [0.717, 1.165) is 5.56 Å². The Morgan fingerprint density at radius 1 is 1.09 bits per heavy atom. The van der Waals surface area contributed by atoms with E-state index in [2.05, 4.69) is 14.9 Å². The number of hydrogen-bond acceptors (Lipinski definition) is 6. The summed E-state index contributed by atoms with van der Waals surface area (Å²) < 4.78 is 28.7. The van der Waals surface area contributed by atoms with Crippen LogP contribution in [0.15, 0.2) is 79.3 Å². The molecule has 0 spiro atoms. The number of rotatable bonds is 4. The minimum Gasteiger partial charge on any atom is -0.225 e. The highest BCUT2D eigenvalue weighted by molar-refractivity contribution is 7.89. The highest BCUT2D eigenvalue weighted by atomic mass is 32.2. The van der Waals surface area contributed by atoms with Gasteiger partial charge in [0.15, 0.2) is 0 Å². The quantitative estimate of drug-likeness (QED) is 0.927. The van der Waals surface area contributed by atoms with Crippen molar-refractivity contribution in [3.8, 4) is 0 Å². The van der Waals surface area contributed by atoms with Gasteiger partial charge in [0.2, 0.25) is 10.0 Å². The second-order valence-corrected chi connectivity index (χ2v) is 7.69. The van der Waals surface area contributed by atoms with Crippen molar-refractivity contribution in [3.63, 3.8) is 0 Å². The van der Waals surface area contributed by atoms with Crippen LogP contribution >= 0.6 is 0 Å². The zero-order valence-electron chi connectivity index (χ0n) is 11.4. The third-order valence-corrected chi connectivity index (χ3v) is 5.37. The lowest BCUT2D eigenvalue weighted by atomic mass is 10.2. The number of nitrogens with two attached hydrogens (primary N) is 1. The first kappa shape index (κ1) is 14.8. The molecule has 22 heavy (non-hydrogen) atoms. The van der Waals surface area contributed by atoms with Crippen LogP contribution in [-0.2, 0) is 27.4 Å². The van der Waals surface area contributed by atoms with Crippen LogP contribution < -0.4 is 5.14 Å². The van der Waals surface area contributed by atoms with E-state index in [0.29, 0.717) is 11.4 Å². The molecule has 0 aliphatic carbocycles. The minimum atomic E-state index is -3.75. The zero-order chi connectivity index (χ0) is 15.6. The van der Waals surface area contributed by atoms with Gasteiger partial charge in [-0.25, -0.2) is 13.6 Å². The summed E-state index contributed by atoms with van der Waals surface area (Å²) in [5.41, 5.74) is 1.07. The van der Waals surface area contributed by atoms with E-state index in [1.54, 1.807) is 16.5 Å². The molecule has 7 nitrogen and oxygen atoms in total. The van der Waals surface area contributed by atoms with Crippen molar-refractivity contribution >= 4 is 20.9 Å². The summed E-state index contributed by atoms with van der Waals surface area (Å²) in [7, 11) is -4.52. The van der Waals surface area contributed by atoms with Gasteiger partial charge in [0.1, 0.15) is 0 Å². The van der Waals surface area contributed by atoms with Crippen molar-refractivity contribution in [3.05, 3.63) is 60.2 Å². The summed E-state index contributed by atoms with van der Waals surface area (Å²) in [4.78, 5) is 0.756. The van der Waals surface area contributed by atoms with Crippen LogP contribution in [0.5, 0.6) is 0 Å². The molecule has 3 rings (SSSR count). The first-order chi connectivity index (χ1) is 10.5. The topological polar surface area (TPSA) is 100 Å². The van der Waals surface area contributed by atoms with E-state index in [4.69, 9.17) is 5.14 Å². The van der Waals surface area contributed by atoms with Crippen LogP contribution in [0.1, 0.15) is 5.56 Å². The van der Waals surface area contributed by atoms with E-state index >= 15 is 0 Å². The molecule has 1 heterocycles. The largest absolute Gasteiger partial charge is 0.238 e. The summed E-state index contributed by atoms with van der Waals surface area (Å²) in [6.07, 6.45) is 0. The van der Waals surface area contributed by atoms with Crippen molar-refractivity contribution in [1.29, 1.82) is 0 Å². The molecular weight excluding hydrogens is 322 g/mol. The highest BCUT2D eigenvalue weighted by Crippen LogP contribution is 2.23. The number of nitrogens with zero attached hydrogens (tertiary/aromatic N) is 4. The van der Waals surface area contributed by atoms with E-state index in [9.17, 15) is 8.42 Å². The van der Waals surface area contributed by atoms with Crippen molar-refractivity contribution in [2.75, 3.05) is 0 Å². The van der Waals surface area contributed by atoms with Crippen LogP contribution in [0.2, 0.25) is 0 Å². The maximum atomic E-state index is 11.5.